The van der Waals surface area contributed by atoms with Gasteiger partial charge in [0.1, 0.15) is 0 Å². The zero-order chi connectivity index (χ0) is 13.6. The molecule has 0 bridgehead atoms. The summed E-state index contributed by atoms with van der Waals surface area (Å²) < 4.78 is 31.7. The summed E-state index contributed by atoms with van der Waals surface area (Å²) in [5.41, 5.74) is 0. The van der Waals surface area contributed by atoms with E-state index in [4.69, 9.17) is 9.90 Å². The van der Waals surface area contributed by atoms with Crippen molar-refractivity contribution in [1.82, 2.24) is 4.90 Å². The van der Waals surface area contributed by atoms with Crippen LogP contribution in [0.2, 0.25) is 0 Å². The molecule has 1 saturated heterocycles. The van der Waals surface area contributed by atoms with Gasteiger partial charge < -0.3 is 5.11 Å². The van der Waals surface area contributed by atoms with E-state index in [-0.39, 0.29) is 0 Å². The van der Waals surface area contributed by atoms with Crippen molar-refractivity contribution in [3.8, 4) is 0 Å². The second-order valence-corrected chi connectivity index (χ2v) is 5.73. The minimum atomic E-state index is -5.08. The van der Waals surface area contributed by atoms with Gasteiger partial charge >= 0.3 is 12.1 Å². The lowest BCUT2D eigenvalue weighted by molar-refractivity contribution is -0.192. The summed E-state index contributed by atoms with van der Waals surface area (Å²) in [4.78, 5) is 11.5. The number of alkyl halides is 3. The lowest BCUT2D eigenvalue weighted by Gasteiger charge is -2.25. The Hall–Kier alpha value is -0.430. The Balaban J connectivity index is 0.000000203. The van der Waals surface area contributed by atoms with Crippen LogP contribution in [0.5, 0.6) is 0 Å². The van der Waals surface area contributed by atoms with Gasteiger partial charge in [-0.2, -0.15) is 13.2 Å². The van der Waals surface area contributed by atoms with E-state index in [0.29, 0.717) is 0 Å². The number of hydrogen-bond donors (Lipinski definition) is 1. The van der Waals surface area contributed by atoms with Crippen LogP contribution in [-0.4, -0.2) is 46.4 Å². The predicted molar refractivity (Wildman–Crippen MR) is 64.6 cm³/mol. The second kappa shape index (κ2) is 7.23. The van der Waals surface area contributed by atoms with Crippen LogP contribution in [0.4, 0.5) is 13.2 Å². The lowest BCUT2D eigenvalue weighted by Crippen LogP contribution is -2.29. The first kappa shape index (κ1) is 15.6. The highest BCUT2D eigenvalue weighted by molar-refractivity contribution is 8.00. The number of thioether (sulfide) groups is 1. The molecule has 2 rings (SSSR count). The first-order valence-corrected chi connectivity index (χ1v) is 7.08. The van der Waals surface area contributed by atoms with Gasteiger partial charge in [-0.15, -0.1) is 11.8 Å². The number of piperidine rings is 1. The minimum absolute atomic E-state index is 1.04. The van der Waals surface area contributed by atoms with Crippen LogP contribution >= 0.6 is 11.8 Å². The topological polar surface area (TPSA) is 40.5 Å². The largest absolute Gasteiger partial charge is 0.490 e. The molecule has 0 aromatic heterocycles. The third kappa shape index (κ3) is 7.10. The molecular weight excluding hydrogens is 267 g/mol. The van der Waals surface area contributed by atoms with Crippen molar-refractivity contribution in [2.24, 2.45) is 0 Å². The summed E-state index contributed by atoms with van der Waals surface area (Å²) in [6, 6.07) is 0. The van der Waals surface area contributed by atoms with Crippen LogP contribution in [0.3, 0.4) is 0 Å². The van der Waals surface area contributed by atoms with Crippen molar-refractivity contribution in [3.63, 3.8) is 0 Å². The van der Waals surface area contributed by atoms with Crippen LogP contribution in [0, 0.1) is 0 Å². The summed E-state index contributed by atoms with van der Waals surface area (Å²) in [5.74, 6) is -1.45. The molecule has 2 aliphatic rings. The van der Waals surface area contributed by atoms with Crippen LogP contribution in [0.15, 0.2) is 0 Å². The Morgan fingerprint density at radius 3 is 2.11 bits per heavy atom. The summed E-state index contributed by atoms with van der Waals surface area (Å²) >= 11 is 2.17. The number of halogens is 3. The maximum absolute atomic E-state index is 10.6. The van der Waals surface area contributed by atoms with Crippen molar-refractivity contribution in [2.45, 2.75) is 43.5 Å². The van der Waals surface area contributed by atoms with Gasteiger partial charge in [-0.1, -0.05) is 6.42 Å². The maximum Gasteiger partial charge on any atom is 0.490 e. The van der Waals surface area contributed by atoms with Crippen LogP contribution in [0.1, 0.15) is 32.1 Å². The third-order valence-corrected chi connectivity index (χ3v) is 4.17. The molecule has 1 aliphatic carbocycles. The fraction of sp³-hybridized carbons (Fsp3) is 0.909. The SMILES string of the molecule is C1CCN(CSC2CC2)CC1.O=C(O)C(F)(F)F. The van der Waals surface area contributed by atoms with Crippen molar-refractivity contribution < 1.29 is 23.1 Å². The fourth-order valence-electron chi connectivity index (χ4n) is 1.53. The molecule has 18 heavy (non-hydrogen) atoms. The molecule has 0 radical (unpaired) electrons. The van der Waals surface area contributed by atoms with Crippen molar-refractivity contribution in [2.75, 3.05) is 19.0 Å². The Bertz CT molecular complexity index is 264. The number of carboxylic acid groups (broad SMARTS) is 1. The Morgan fingerprint density at radius 2 is 1.72 bits per heavy atom. The Morgan fingerprint density at radius 1 is 1.22 bits per heavy atom. The van der Waals surface area contributed by atoms with E-state index in [0.717, 1.165) is 5.25 Å². The number of hydrogen-bond acceptors (Lipinski definition) is 3. The van der Waals surface area contributed by atoms with Gasteiger partial charge in [0.05, 0.1) is 0 Å². The minimum Gasteiger partial charge on any atom is -0.475 e. The molecule has 1 saturated carbocycles. The summed E-state index contributed by atoms with van der Waals surface area (Å²) in [5, 5.41) is 8.16. The van der Waals surface area contributed by atoms with E-state index < -0.39 is 12.1 Å². The first-order chi connectivity index (χ1) is 8.39. The van der Waals surface area contributed by atoms with Gasteiger partial charge in [-0.25, -0.2) is 4.79 Å². The molecule has 0 aromatic carbocycles. The van der Waals surface area contributed by atoms with E-state index in [2.05, 4.69) is 16.7 Å². The highest BCUT2D eigenvalue weighted by Crippen LogP contribution is 2.34. The van der Waals surface area contributed by atoms with Gasteiger partial charge in [0, 0.05) is 11.1 Å². The molecular formula is C11H18F3NO2S. The predicted octanol–water partition coefficient (Wildman–Crippen LogP) is 2.96. The maximum atomic E-state index is 10.6. The van der Waals surface area contributed by atoms with Crippen LogP contribution in [0.25, 0.3) is 0 Å². The van der Waals surface area contributed by atoms with Crippen molar-refractivity contribution in [3.05, 3.63) is 0 Å². The van der Waals surface area contributed by atoms with E-state index in [9.17, 15) is 13.2 Å². The van der Waals surface area contributed by atoms with Gasteiger partial charge in [0.25, 0.3) is 0 Å². The lowest BCUT2D eigenvalue weighted by atomic mass is 10.1. The van der Waals surface area contributed by atoms with E-state index in [1.165, 1.54) is 51.1 Å². The molecule has 0 amide bonds. The molecule has 3 nitrogen and oxygen atoms in total. The van der Waals surface area contributed by atoms with E-state index in [1.54, 1.807) is 0 Å². The monoisotopic (exact) mass is 285 g/mol. The van der Waals surface area contributed by atoms with Gasteiger partial charge in [0.15, 0.2) is 0 Å². The van der Waals surface area contributed by atoms with Crippen molar-refractivity contribution in [1.29, 1.82) is 0 Å². The molecule has 1 heterocycles. The number of carboxylic acids is 1. The normalized spacial score (nSPS) is 21.1. The quantitative estimate of drug-likeness (QED) is 0.865. The zero-order valence-corrected chi connectivity index (χ0v) is 10.9. The van der Waals surface area contributed by atoms with Crippen LogP contribution in [-0.2, 0) is 4.79 Å². The smallest absolute Gasteiger partial charge is 0.475 e. The summed E-state index contributed by atoms with van der Waals surface area (Å²) in [7, 11) is 0. The first-order valence-electron chi connectivity index (χ1n) is 6.03. The van der Waals surface area contributed by atoms with Gasteiger partial charge in [-0.3, -0.25) is 4.90 Å². The molecule has 0 unspecified atom stereocenters. The zero-order valence-electron chi connectivity index (χ0n) is 10.1. The van der Waals surface area contributed by atoms with Crippen LogP contribution < -0.4 is 0 Å². The molecule has 106 valence electrons. The fourth-order valence-corrected chi connectivity index (χ4v) is 2.68. The average molecular weight is 285 g/mol. The standard InChI is InChI=1S/C9H17NS.C2HF3O2/c1-2-6-10(7-3-1)8-11-9-4-5-9;3-2(4,5)1(6)7/h9H,1-8H2;(H,6,7). The molecule has 0 atom stereocenters. The average Bonchev–Trinajstić information content (AvgIpc) is 3.11. The number of rotatable bonds is 3. The number of carbonyl (C=O) groups is 1. The van der Waals surface area contributed by atoms with Crippen molar-refractivity contribution >= 4 is 17.7 Å². The molecule has 2 fully saturated rings. The summed E-state index contributed by atoms with van der Waals surface area (Å²) in [6.07, 6.45) is 2.22. The molecule has 0 spiro atoms. The highest BCUT2D eigenvalue weighted by Gasteiger charge is 2.38. The number of likely N-dealkylation sites (tertiary alicyclic amines) is 1. The van der Waals surface area contributed by atoms with Gasteiger partial charge in [-0.05, 0) is 38.8 Å². The number of aliphatic carboxylic acids is 1. The van der Waals surface area contributed by atoms with Gasteiger partial charge in [0.2, 0.25) is 0 Å². The third-order valence-electron chi connectivity index (χ3n) is 2.71. The second-order valence-electron chi connectivity index (χ2n) is 4.48. The van der Waals surface area contributed by atoms with E-state index >= 15 is 0 Å². The highest BCUT2D eigenvalue weighted by atomic mass is 32.2. The Kier molecular flexibility index (Phi) is 6.28. The molecule has 1 N–H and O–H groups in total. The summed E-state index contributed by atoms with van der Waals surface area (Å²) in [6.45, 7) is 2.72. The number of nitrogens with zero attached hydrogens (tertiary/aromatic N) is 1. The molecule has 0 aromatic rings. The molecule has 7 heteroatoms. The Labute approximate surface area is 109 Å². The molecule has 1 aliphatic heterocycles. The van der Waals surface area contributed by atoms with E-state index in [1.807, 2.05) is 0 Å².